The molecule has 0 unspecified atom stereocenters. The summed E-state index contributed by atoms with van der Waals surface area (Å²) in [7, 11) is 1.86. The lowest BCUT2D eigenvalue weighted by molar-refractivity contribution is 0.0659. The van der Waals surface area contributed by atoms with Crippen molar-refractivity contribution in [2.45, 2.75) is 19.3 Å². The highest BCUT2D eigenvalue weighted by Gasteiger charge is 2.17. The SMILES string of the molecule is Cn1nccc1Nc1nccc(-c2ccn3c(CC4CCOCC4)nnc3c2)n1. The van der Waals surface area contributed by atoms with Crippen LogP contribution in [0, 0.1) is 5.92 Å². The molecule has 0 saturated carbocycles. The molecule has 4 aromatic heterocycles. The molecule has 9 nitrogen and oxygen atoms in total. The van der Waals surface area contributed by atoms with Gasteiger partial charge in [-0.15, -0.1) is 10.2 Å². The van der Waals surface area contributed by atoms with Crippen LogP contribution in [-0.2, 0) is 18.2 Å². The van der Waals surface area contributed by atoms with Gasteiger partial charge in [0.1, 0.15) is 11.6 Å². The molecule has 1 N–H and O–H groups in total. The van der Waals surface area contributed by atoms with Gasteiger partial charge in [-0.05, 0) is 37.0 Å². The molecule has 0 radical (unpaired) electrons. The van der Waals surface area contributed by atoms with Crippen LogP contribution < -0.4 is 5.32 Å². The lowest BCUT2D eigenvalue weighted by Gasteiger charge is -2.20. The summed E-state index contributed by atoms with van der Waals surface area (Å²) in [6, 6.07) is 7.81. The zero-order chi connectivity index (χ0) is 19.6. The number of fused-ring (bicyclic) bond motifs is 1. The topological polar surface area (TPSA) is 95.1 Å². The fourth-order valence-electron chi connectivity index (χ4n) is 3.64. The number of anilines is 2. The zero-order valence-electron chi connectivity index (χ0n) is 16.2. The van der Waals surface area contributed by atoms with Crippen LogP contribution in [0.4, 0.5) is 11.8 Å². The molecule has 148 valence electrons. The molecule has 29 heavy (non-hydrogen) atoms. The third-order valence-electron chi connectivity index (χ3n) is 5.30. The number of ether oxygens (including phenoxy) is 1. The van der Waals surface area contributed by atoms with Crippen LogP contribution in [0.1, 0.15) is 18.7 Å². The van der Waals surface area contributed by atoms with E-state index >= 15 is 0 Å². The van der Waals surface area contributed by atoms with Crippen molar-refractivity contribution in [3.05, 3.63) is 48.7 Å². The minimum Gasteiger partial charge on any atom is -0.381 e. The molecular formula is C20H22N8O. The van der Waals surface area contributed by atoms with E-state index in [0.717, 1.165) is 61.0 Å². The second kappa shape index (κ2) is 7.59. The van der Waals surface area contributed by atoms with E-state index in [1.54, 1.807) is 17.1 Å². The van der Waals surface area contributed by atoms with Crippen LogP contribution in [-0.4, -0.2) is 47.6 Å². The second-order valence-corrected chi connectivity index (χ2v) is 7.25. The minimum atomic E-state index is 0.521. The van der Waals surface area contributed by atoms with Crippen LogP contribution in [0.15, 0.2) is 42.9 Å². The van der Waals surface area contributed by atoms with E-state index in [0.29, 0.717) is 11.9 Å². The summed E-state index contributed by atoms with van der Waals surface area (Å²) in [6.07, 6.45) is 8.58. The molecule has 0 aliphatic carbocycles. The Morgan fingerprint density at radius 1 is 1.14 bits per heavy atom. The zero-order valence-corrected chi connectivity index (χ0v) is 16.2. The maximum atomic E-state index is 5.46. The highest BCUT2D eigenvalue weighted by molar-refractivity contribution is 5.65. The molecule has 1 aliphatic heterocycles. The van der Waals surface area contributed by atoms with Crippen molar-refractivity contribution in [2.75, 3.05) is 18.5 Å². The summed E-state index contributed by atoms with van der Waals surface area (Å²) in [5, 5.41) is 16.1. The molecule has 0 spiro atoms. The van der Waals surface area contributed by atoms with E-state index in [1.165, 1.54) is 0 Å². The third kappa shape index (κ3) is 3.68. The summed E-state index contributed by atoms with van der Waals surface area (Å²) in [5.41, 5.74) is 2.61. The van der Waals surface area contributed by atoms with E-state index in [1.807, 2.05) is 37.5 Å². The van der Waals surface area contributed by atoms with Crippen molar-refractivity contribution in [3.63, 3.8) is 0 Å². The van der Waals surface area contributed by atoms with E-state index in [2.05, 4.69) is 35.0 Å². The first-order valence-electron chi connectivity index (χ1n) is 9.76. The van der Waals surface area contributed by atoms with Gasteiger partial charge in [0, 0.05) is 50.7 Å². The fourth-order valence-corrected chi connectivity index (χ4v) is 3.64. The minimum absolute atomic E-state index is 0.521. The molecule has 1 aliphatic rings. The molecule has 1 fully saturated rings. The first-order chi connectivity index (χ1) is 14.3. The molecule has 1 saturated heterocycles. The number of nitrogens with one attached hydrogen (secondary N) is 1. The predicted molar refractivity (Wildman–Crippen MR) is 108 cm³/mol. The van der Waals surface area contributed by atoms with Gasteiger partial charge in [0.15, 0.2) is 5.65 Å². The van der Waals surface area contributed by atoms with E-state index in [9.17, 15) is 0 Å². The molecule has 0 atom stereocenters. The van der Waals surface area contributed by atoms with Crippen LogP contribution >= 0.6 is 0 Å². The molecule has 5 heterocycles. The number of hydrogen-bond donors (Lipinski definition) is 1. The van der Waals surface area contributed by atoms with Gasteiger partial charge in [0.05, 0.1) is 11.9 Å². The number of rotatable bonds is 5. The molecule has 0 bridgehead atoms. The van der Waals surface area contributed by atoms with E-state index < -0.39 is 0 Å². The normalized spacial score (nSPS) is 15.1. The van der Waals surface area contributed by atoms with Gasteiger partial charge in [-0.3, -0.25) is 9.08 Å². The van der Waals surface area contributed by atoms with Crippen LogP contribution in [0.2, 0.25) is 0 Å². The maximum Gasteiger partial charge on any atom is 0.228 e. The van der Waals surface area contributed by atoms with Crippen LogP contribution in [0.3, 0.4) is 0 Å². The van der Waals surface area contributed by atoms with Gasteiger partial charge >= 0.3 is 0 Å². The van der Waals surface area contributed by atoms with E-state index in [4.69, 9.17) is 4.74 Å². The van der Waals surface area contributed by atoms with Crippen LogP contribution in [0.5, 0.6) is 0 Å². The number of aryl methyl sites for hydroxylation is 1. The second-order valence-electron chi connectivity index (χ2n) is 7.25. The molecular weight excluding hydrogens is 368 g/mol. The Labute approximate surface area is 167 Å². The lowest BCUT2D eigenvalue weighted by atomic mass is 9.96. The molecule has 9 heteroatoms. The summed E-state index contributed by atoms with van der Waals surface area (Å²) in [6.45, 7) is 1.68. The Morgan fingerprint density at radius 2 is 2.03 bits per heavy atom. The summed E-state index contributed by atoms with van der Waals surface area (Å²) < 4.78 is 9.25. The van der Waals surface area contributed by atoms with Gasteiger partial charge in [0.25, 0.3) is 0 Å². The average Bonchev–Trinajstić information content (AvgIpc) is 3.35. The highest BCUT2D eigenvalue weighted by atomic mass is 16.5. The Balaban J connectivity index is 1.39. The maximum absolute atomic E-state index is 5.46. The Kier molecular flexibility index (Phi) is 4.65. The van der Waals surface area contributed by atoms with Crippen LogP contribution in [0.25, 0.3) is 16.9 Å². The third-order valence-corrected chi connectivity index (χ3v) is 5.30. The quantitative estimate of drug-likeness (QED) is 0.560. The standard InChI is InChI=1S/C20H22N8O/c1-27-17(3-8-22-27)24-20-21-7-2-16(23-20)15-4-9-28-18(25-26-19(28)13-15)12-14-5-10-29-11-6-14/h2-4,7-9,13-14H,5-6,10-12H2,1H3,(H,21,23,24). The Bertz CT molecular complexity index is 1130. The number of pyridine rings is 1. The lowest BCUT2D eigenvalue weighted by Crippen LogP contribution is -2.18. The van der Waals surface area contributed by atoms with Crippen molar-refractivity contribution in [3.8, 4) is 11.3 Å². The van der Waals surface area contributed by atoms with Gasteiger partial charge in [-0.1, -0.05) is 0 Å². The number of hydrogen-bond acceptors (Lipinski definition) is 7. The van der Waals surface area contributed by atoms with Gasteiger partial charge in [0.2, 0.25) is 5.95 Å². The van der Waals surface area contributed by atoms with Gasteiger partial charge < -0.3 is 10.1 Å². The monoisotopic (exact) mass is 390 g/mol. The van der Waals surface area contributed by atoms with Crippen molar-refractivity contribution >= 4 is 17.4 Å². The average molecular weight is 390 g/mol. The molecule has 5 rings (SSSR count). The molecule has 0 aromatic carbocycles. The summed E-state index contributed by atoms with van der Waals surface area (Å²) in [5.74, 6) is 2.96. The van der Waals surface area contributed by atoms with Crippen molar-refractivity contribution in [1.82, 2.24) is 34.3 Å². The van der Waals surface area contributed by atoms with E-state index in [-0.39, 0.29) is 0 Å². The Hall–Kier alpha value is -3.33. The van der Waals surface area contributed by atoms with Crippen molar-refractivity contribution in [1.29, 1.82) is 0 Å². The smallest absolute Gasteiger partial charge is 0.228 e. The molecule has 0 amide bonds. The summed E-state index contributed by atoms with van der Waals surface area (Å²) in [4.78, 5) is 8.94. The van der Waals surface area contributed by atoms with Gasteiger partial charge in [-0.2, -0.15) is 5.10 Å². The first kappa shape index (κ1) is 17.7. The van der Waals surface area contributed by atoms with Crippen molar-refractivity contribution < 1.29 is 4.74 Å². The number of aromatic nitrogens is 7. The number of nitrogens with zero attached hydrogens (tertiary/aromatic N) is 7. The Morgan fingerprint density at radius 3 is 2.86 bits per heavy atom. The van der Waals surface area contributed by atoms with Crippen molar-refractivity contribution in [2.24, 2.45) is 13.0 Å². The molecule has 4 aromatic rings. The largest absolute Gasteiger partial charge is 0.381 e. The first-order valence-corrected chi connectivity index (χ1v) is 9.76. The predicted octanol–water partition coefficient (Wildman–Crippen LogP) is 2.63. The fraction of sp³-hybridized carbons (Fsp3) is 0.350. The summed E-state index contributed by atoms with van der Waals surface area (Å²) >= 11 is 0. The highest BCUT2D eigenvalue weighted by Crippen LogP contribution is 2.23. The van der Waals surface area contributed by atoms with Gasteiger partial charge in [-0.25, -0.2) is 9.97 Å².